The Hall–Kier alpha value is -1.73. The van der Waals surface area contributed by atoms with Crippen molar-refractivity contribution in [2.75, 3.05) is 38.2 Å². The zero-order valence-corrected chi connectivity index (χ0v) is 12.0. The van der Waals surface area contributed by atoms with Crippen molar-refractivity contribution in [1.29, 1.82) is 0 Å². The van der Waals surface area contributed by atoms with Gasteiger partial charge in [0.1, 0.15) is 10.7 Å². The van der Waals surface area contributed by atoms with E-state index in [4.69, 9.17) is 22.7 Å². The number of carbonyl (C=O) groups is 1. The minimum absolute atomic E-state index is 0.126. The molecule has 2 rings (SSSR count). The highest BCUT2D eigenvalue weighted by atomic mass is 32.1. The molecule has 0 radical (unpaired) electrons. The van der Waals surface area contributed by atoms with Crippen molar-refractivity contribution in [3.05, 3.63) is 24.0 Å². The number of aromatic nitrogens is 1. The molecule has 1 aliphatic rings. The van der Waals surface area contributed by atoms with Crippen molar-refractivity contribution in [3.8, 4) is 0 Å². The maximum absolute atomic E-state index is 12.0. The SMILES string of the molecule is NC(=S)c1ncccc1NCCC(=O)N1CCOCC1. The highest BCUT2D eigenvalue weighted by Gasteiger charge is 2.16. The number of hydrogen-bond donors (Lipinski definition) is 2. The van der Waals surface area contributed by atoms with Gasteiger partial charge in [0.05, 0.1) is 18.9 Å². The van der Waals surface area contributed by atoms with Gasteiger partial charge in [-0.25, -0.2) is 0 Å². The first-order valence-electron chi connectivity index (χ1n) is 6.52. The van der Waals surface area contributed by atoms with E-state index in [1.807, 2.05) is 11.0 Å². The molecule has 108 valence electrons. The highest BCUT2D eigenvalue weighted by Crippen LogP contribution is 2.12. The molecule has 0 saturated carbocycles. The maximum Gasteiger partial charge on any atom is 0.224 e. The fourth-order valence-electron chi connectivity index (χ4n) is 2.02. The van der Waals surface area contributed by atoms with Crippen LogP contribution in [0.1, 0.15) is 12.1 Å². The molecule has 0 aromatic carbocycles. The lowest BCUT2D eigenvalue weighted by atomic mass is 10.2. The number of amides is 1. The van der Waals surface area contributed by atoms with E-state index < -0.39 is 0 Å². The van der Waals surface area contributed by atoms with Gasteiger partial charge in [0.15, 0.2) is 0 Å². The molecule has 1 aromatic rings. The van der Waals surface area contributed by atoms with Crippen molar-refractivity contribution in [2.24, 2.45) is 5.73 Å². The van der Waals surface area contributed by atoms with Gasteiger partial charge in [-0.15, -0.1) is 0 Å². The number of nitrogens with two attached hydrogens (primary N) is 1. The Labute approximate surface area is 123 Å². The van der Waals surface area contributed by atoms with E-state index in [0.717, 1.165) is 5.69 Å². The summed E-state index contributed by atoms with van der Waals surface area (Å²) in [4.78, 5) is 18.2. The first-order valence-corrected chi connectivity index (χ1v) is 6.93. The van der Waals surface area contributed by atoms with E-state index in [0.29, 0.717) is 45.0 Å². The Balaban J connectivity index is 1.83. The van der Waals surface area contributed by atoms with E-state index in [1.54, 1.807) is 12.3 Å². The molecule has 1 amide bonds. The molecule has 6 nitrogen and oxygen atoms in total. The van der Waals surface area contributed by atoms with Gasteiger partial charge >= 0.3 is 0 Å². The average Bonchev–Trinajstić information content (AvgIpc) is 2.48. The standard InChI is InChI=1S/C13H18N4O2S/c14-13(20)12-10(2-1-4-16-12)15-5-3-11(18)17-6-8-19-9-7-17/h1-2,4,15H,3,5-9H2,(H2,14,20). The van der Waals surface area contributed by atoms with Crippen LogP contribution in [0.4, 0.5) is 5.69 Å². The van der Waals surface area contributed by atoms with Gasteiger partial charge < -0.3 is 20.7 Å². The molecule has 0 spiro atoms. The predicted molar refractivity (Wildman–Crippen MR) is 80.6 cm³/mol. The Kier molecular flexibility index (Phi) is 5.25. The smallest absolute Gasteiger partial charge is 0.224 e. The molecule has 1 saturated heterocycles. The van der Waals surface area contributed by atoms with Gasteiger partial charge in [0.25, 0.3) is 0 Å². The summed E-state index contributed by atoms with van der Waals surface area (Å²) in [7, 11) is 0. The number of rotatable bonds is 5. The zero-order valence-electron chi connectivity index (χ0n) is 11.2. The van der Waals surface area contributed by atoms with Gasteiger partial charge in [-0.3, -0.25) is 9.78 Å². The highest BCUT2D eigenvalue weighted by molar-refractivity contribution is 7.80. The second-order valence-corrected chi connectivity index (χ2v) is 4.87. The molecule has 7 heteroatoms. The largest absolute Gasteiger partial charge is 0.388 e. The quantitative estimate of drug-likeness (QED) is 0.764. The molecule has 2 heterocycles. The van der Waals surface area contributed by atoms with Crippen LogP contribution < -0.4 is 11.1 Å². The fraction of sp³-hybridized carbons (Fsp3) is 0.462. The van der Waals surface area contributed by atoms with Crippen molar-refractivity contribution >= 4 is 28.8 Å². The van der Waals surface area contributed by atoms with Crippen LogP contribution in [0, 0.1) is 0 Å². The Bertz CT molecular complexity index is 489. The van der Waals surface area contributed by atoms with Gasteiger partial charge in [-0.2, -0.15) is 0 Å². The lowest BCUT2D eigenvalue weighted by Crippen LogP contribution is -2.41. The zero-order chi connectivity index (χ0) is 14.4. The molecule has 20 heavy (non-hydrogen) atoms. The molecule has 3 N–H and O–H groups in total. The van der Waals surface area contributed by atoms with E-state index >= 15 is 0 Å². The summed E-state index contributed by atoms with van der Waals surface area (Å²) in [6.45, 7) is 3.10. The lowest BCUT2D eigenvalue weighted by Gasteiger charge is -2.27. The Morgan fingerprint density at radius 3 is 2.95 bits per heavy atom. The summed E-state index contributed by atoms with van der Waals surface area (Å²) in [6.07, 6.45) is 2.06. The number of nitrogens with zero attached hydrogens (tertiary/aromatic N) is 2. The summed E-state index contributed by atoms with van der Waals surface area (Å²) in [5.41, 5.74) is 6.92. The molecule has 0 aliphatic carbocycles. The first-order chi connectivity index (χ1) is 9.68. The second kappa shape index (κ2) is 7.16. The summed E-state index contributed by atoms with van der Waals surface area (Å²) in [5, 5.41) is 3.16. The van der Waals surface area contributed by atoms with Crippen LogP contribution in [0.3, 0.4) is 0 Å². The number of pyridine rings is 1. The summed E-state index contributed by atoms with van der Waals surface area (Å²) < 4.78 is 5.22. The van der Waals surface area contributed by atoms with E-state index in [1.165, 1.54) is 0 Å². The van der Waals surface area contributed by atoms with Crippen LogP contribution in [0.15, 0.2) is 18.3 Å². The van der Waals surface area contributed by atoms with Crippen molar-refractivity contribution in [1.82, 2.24) is 9.88 Å². The van der Waals surface area contributed by atoms with E-state index in [-0.39, 0.29) is 10.9 Å². The van der Waals surface area contributed by atoms with Gasteiger partial charge in [0, 0.05) is 32.3 Å². The van der Waals surface area contributed by atoms with Crippen LogP contribution >= 0.6 is 12.2 Å². The van der Waals surface area contributed by atoms with Crippen LogP contribution in [-0.2, 0) is 9.53 Å². The van der Waals surface area contributed by atoms with E-state index in [9.17, 15) is 4.79 Å². The third-order valence-corrected chi connectivity index (χ3v) is 3.25. The first kappa shape index (κ1) is 14.7. The lowest BCUT2D eigenvalue weighted by molar-refractivity contribution is -0.134. The third-order valence-electron chi connectivity index (χ3n) is 3.06. The monoisotopic (exact) mass is 294 g/mol. The molecular formula is C13H18N4O2S. The number of anilines is 1. The molecule has 0 unspecified atom stereocenters. The normalized spacial score (nSPS) is 14.9. The Morgan fingerprint density at radius 1 is 1.50 bits per heavy atom. The number of nitrogens with one attached hydrogen (secondary N) is 1. The summed E-state index contributed by atoms with van der Waals surface area (Å²) in [6, 6.07) is 3.65. The number of hydrogen-bond acceptors (Lipinski definition) is 5. The van der Waals surface area contributed by atoms with Crippen molar-refractivity contribution in [3.63, 3.8) is 0 Å². The molecule has 0 bridgehead atoms. The molecule has 0 atom stereocenters. The average molecular weight is 294 g/mol. The summed E-state index contributed by atoms with van der Waals surface area (Å²) in [5.74, 6) is 0.126. The van der Waals surface area contributed by atoms with Crippen LogP contribution in [-0.4, -0.2) is 53.6 Å². The predicted octanol–water partition coefficient (Wildman–Crippen LogP) is 0.377. The van der Waals surface area contributed by atoms with Crippen LogP contribution in [0.25, 0.3) is 0 Å². The maximum atomic E-state index is 12.0. The van der Waals surface area contributed by atoms with Gasteiger partial charge in [0.2, 0.25) is 5.91 Å². The number of morpholine rings is 1. The summed E-state index contributed by atoms with van der Waals surface area (Å²) >= 11 is 4.94. The number of carbonyl (C=O) groups excluding carboxylic acids is 1. The minimum atomic E-state index is 0.126. The Morgan fingerprint density at radius 2 is 2.25 bits per heavy atom. The van der Waals surface area contributed by atoms with Gasteiger partial charge in [-0.05, 0) is 12.1 Å². The molecule has 1 aromatic heterocycles. The molecule has 1 aliphatic heterocycles. The number of ether oxygens (including phenoxy) is 1. The van der Waals surface area contributed by atoms with Crippen molar-refractivity contribution < 1.29 is 9.53 Å². The minimum Gasteiger partial charge on any atom is -0.388 e. The topological polar surface area (TPSA) is 80.5 Å². The molecule has 1 fully saturated rings. The van der Waals surface area contributed by atoms with Crippen LogP contribution in [0.2, 0.25) is 0 Å². The van der Waals surface area contributed by atoms with E-state index in [2.05, 4.69) is 10.3 Å². The van der Waals surface area contributed by atoms with Crippen LogP contribution in [0.5, 0.6) is 0 Å². The number of thiocarbonyl (C=S) groups is 1. The fourth-order valence-corrected chi connectivity index (χ4v) is 2.18. The second-order valence-electron chi connectivity index (χ2n) is 4.43. The molecular weight excluding hydrogens is 276 g/mol. The third kappa shape index (κ3) is 3.88. The van der Waals surface area contributed by atoms with Crippen molar-refractivity contribution in [2.45, 2.75) is 6.42 Å². The van der Waals surface area contributed by atoms with Gasteiger partial charge in [-0.1, -0.05) is 12.2 Å².